The Morgan fingerprint density at radius 1 is 0.520 bits per heavy atom. The maximum absolute atomic E-state index is 2.43. The van der Waals surface area contributed by atoms with Crippen molar-refractivity contribution in [2.75, 3.05) is 0 Å². The summed E-state index contributed by atoms with van der Waals surface area (Å²) in [6, 6.07) is 41.7. The van der Waals surface area contributed by atoms with Gasteiger partial charge in [-0.3, -0.25) is 0 Å². The summed E-state index contributed by atoms with van der Waals surface area (Å²) < 4.78 is 1.46. The molecule has 0 radical (unpaired) electrons. The Bertz CT molecular complexity index is 2410. The SMILES string of the molecule is CC(C)(C)c1ccc(C(c2ccc(C(C)(C)C)cc2)=c2ccc3c(c2C2=CC=CC2)-c2c(c4ccccc4c4ccccc24)[C]=3[Zr+2])cc1.[Cl-].[Cl-]. The molecular formula is C47H41Cl2Zr. The summed E-state index contributed by atoms with van der Waals surface area (Å²) in [4.78, 5) is 0. The largest absolute Gasteiger partial charge is 1.00 e. The number of allylic oxidation sites excluding steroid dienone is 4. The van der Waals surface area contributed by atoms with Gasteiger partial charge in [-0.25, -0.2) is 0 Å². The van der Waals surface area contributed by atoms with Gasteiger partial charge < -0.3 is 24.8 Å². The maximum Gasteiger partial charge on any atom is -1.00 e. The van der Waals surface area contributed by atoms with Crippen LogP contribution in [0.1, 0.15) is 81.3 Å². The van der Waals surface area contributed by atoms with Crippen LogP contribution < -0.4 is 35.3 Å². The maximum atomic E-state index is 2.43. The predicted molar refractivity (Wildman–Crippen MR) is 202 cm³/mol. The minimum atomic E-state index is 0. The van der Waals surface area contributed by atoms with Gasteiger partial charge in [0.2, 0.25) is 0 Å². The molecule has 0 heterocycles. The van der Waals surface area contributed by atoms with Crippen molar-refractivity contribution in [3.8, 4) is 11.1 Å². The zero-order valence-electron chi connectivity index (χ0n) is 29.6. The van der Waals surface area contributed by atoms with Crippen molar-refractivity contribution < 1.29 is 49.5 Å². The van der Waals surface area contributed by atoms with Crippen molar-refractivity contribution in [2.24, 2.45) is 0 Å². The second-order valence-electron chi connectivity index (χ2n) is 15.5. The molecule has 0 atom stereocenters. The van der Waals surface area contributed by atoms with Gasteiger partial charge in [0.05, 0.1) is 0 Å². The van der Waals surface area contributed by atoms with Crippen LogP contribution in [0.25, 0.3) is 47.1 Å². The van der Waals surface area contributed by atoms with Gasteiger partial charge in [0, 0.05) is 0 Å². The van der Waals surface area contributed by atoms with Crippen LogP contribution in [0.5, 0.6) is 0 Å². The van der Waals surface area contributed by atoms with E-state index in [9.17, 15) is 0 Å². The van der Waals surface area contributed by atoms with Crippen molar-refractivity contribution in [3.63, 3.8) is 0 Å². The molecule has 6 aromatic carbocycles. The first-order chi connectivity index (χ1) is 23.0. The molecule has 0 spiro atoms. The Balaban J connectivity index is 0.00000216. The quantitative estimate of drug-likeness (QED) is 0.226. The van der Waals surface area contributed by atoms with Crippen LogP contribution in [0.4, 0.5) is 0 Å². The summed E-state index contributed by atoms with van der Waals surface area (Å²) in [6.45, 7) is 13.8. The van der Waals surface area contributed by atoms with Gasteiger partial charge in [-0.2, -0.15) is 0 Å². The molecule has 0 aromatic heterocycles. The van der Waals surface area contributed by atoms with E-state index in [4.69, 9.17) is 0 Å². The fourth-order valence-electron chi connectivity index (χ4n) is 7.79. The monoisotopic (exact) mass is 765 g/mol. The van der Waals surface area contributed by atoms with E-state index in [-0.39, 0.29) is 35.6 Å². The van der Waals surface area contributed by atoms with Crippen molar-refractivity contribution in [3.05, 3.63) is 171 Å². The number of fused-ring (bicyclic) bond motifs is 8. The first-order valence-corrected chi connectivity index (χ1v) is 18.4. The van der Waals surface area contributed by atoms with Gasteiger partial charge in [-0.1, -0.05) is 0 Å². The van der Waals surface area contributed by atoms with Crippen LogP contribution >= 0.6 is 0 Å². The third kappa shape index (κ3) is 6.00. The number of hydrogen-bond acceptors (Lipinski definition) is 0. The van der Waals surface area contributed by atoms with E-state index in [0.29, 0.717) is 0 Å². The second-order valence-corrected chi connectivity index (χ2v) is 16.7. The molecule has 0 saturated carbocycles. The van der Waals surface area contributed by atoms with Gasteiger partial charge in [0.1, 0.15) is 0 Å². The molecule has 50 heavy (non-hydrogen) atoms. The van der Waals surface area contributed by atoms with Crippen LogP contribution in [0.3, 0.4) is 0 Å². The number of halogens is 2. The molecule has 3 heteroatoms. The zero-order chi connectivity index (χ0) is 33.4. The molecule has 0 aliphatic heterocycles. The molecule has 0 nitrogen and oxygen atoms in total. The fourth-order valence-corrected chi connectivity index (χ4v) is 8.94. The Morgan fingerprint density at radius 2 is 1.00 bits per heavy atom. The average molecular weight is 768 g/mol. The molecule has 2 aliphatic rings. The molecule has 0 unspecified atom stereocenters. The van der Waals surface area contributed by atoms with E-state index < -0.39 is 0 Å². The van der Waals surface area contributed by atoms with Crippen molar-refractivity contribution in [1.29, 1.82) is 0 Å². The predicted octanol–water partition coefficient (Wildman–Crippen LogP) is 4.87. The van der Waals surface area contributed by atoms with Gasteiger partial charge in [0.15, 0.2) is 0 Å². The van der Waals surface area contributed by atoms with Crippen molar-refractivity contribution in [2.45, 2.75) is 58.8 Å². The van der Waals surface area contributed by atoms with Gasteiger partial charge in [-0.05, 0) is 0 Å². The van der Waals surface area contributed by atoms with Gasteiger partial charge in [0.25, 0.3) is 0 Å². The summed E-state index contributed by atoms with van der Waals surface area (Å²) in [5.41, 5.74) is 13.7. The molecule has 6 aromatic rings. The molecule has 8 rings (SSSR count). The number of rotatable bonds is 3. The Morgan fingerprint density at radius 3 is 1.46 bits per heavy atom. The first kappa shape index (κ1) is 36.3. The van der Waals surface area contributed by atoms with E-state index in [2.05, 4.69) is 169 Å². The minimum absolute atomic E-state index is 0. The van der Waals surface area contributed by atoms with Crippen LogP contribution in [0.15, 0.2) is 127 Å². The molecule has 0 N–H and O–H groups in total. The molecular weight excluding hydrogens is 727 g/mol. The van der Waals surface area contributed by atoms with Crippen LogP contribution in [0.2, 0.25) is 0 Å². The first-order valence-electron chi connectivity index (χ1n) is 17.2. The zero-order valence-corrected chi connectivity index (χ0v) is 33.6. The molecule has 0 amide bonds. The van der Waals surface area contributed by atoms with E-state index in [0.717, 1.165) is 6.42 Å². The number of hydrogen-bond donors (Lipinski definition) is 0. The third-order valence-corrected chi connectivity index (χ3v) is 11.6. The van der Waals surface area contributed by atoms with Gasteiger partial charge >= 0.3 is 302 Å². The smallest absolute Gasteiger partial charge is 1.00 e. The third-order valence-electron chi connectivity index (χ3n) is 10.3. The van der Waals surface area contributed by atoms with Crippen LogP contribution in [-0.4, -0.2) is 0 Å². The standard InChI is InChI=1S/C47H41.2ClH.Zr/c1-46(2,3)34-24-19-31(20-25-34)42(32-21-26-35(27-22-32)47(4,5)6)40-28-23-33-29-41-38-17-10-9-15-36(38)37-16-11-12-18-39(37)45(41)44(33)43(40)30-13-7-8-14-30;;;/h7-13,15-28H,14H2,1-6H3;2*1H;/q;;;+2/p-2. The summed E-state index contributed by atoms with van der Waals surface area (Å²) in [5.74, 6) is 0. The van der Waals surface area contributed by atoms with Crippen LogP contribution in [0, 0.1) is 0 Å². The summed E-state index contributed by atoms with van der Waals surface area (Å²) in [5, 5.41) is 8.08. The normalized spacial score (nSPS) is 13.5. The Kier molecular flexibility index (Phi) is 9.86. The minimum Gasteiger partial charge on any atom is -1.00 e. The second kappa shape index (κ2) is 13.6. The van der Waals surface area contributed by atoms with Gasteiger partial charge in [-0.15, -0.1) is 0 Å². The molecule has 0 bridgehead atoms. The fraction of sp³-hybridized carbons (Fsp3) is 0.191. The molecule has 0 fully saturated rings. The Labute approximate surface area is 324 Å². The summed E-state index contributed by atoms with van der Waals surface area (Å²) >= 11 is 1.45. The van der Waals surface area contributed by atoms with Crippen LogP contribution in [-0.2, 0) is 35.5 Å². The molecule has 247 valence electrons. The average Bonchev–Trinajstić information content (AvgIpc) is 3.72. The van der Waals surface area contributed by atoms with Crippen molar-refractivity contribution in [1.82, 2.24) is 0 Å². The van der Waals surface area contributed by atoms with Crippen molar-refractivity contribution >= 4 is 36.0 Å². The van der Waals surface area contributed by atoms with E-state index in [1.165, 1.54) is 116 Å². The Hall–Kier alpha value is -3.48. The van der Waals surface area contributed by atoms with E-state index >= 15 is 0 Å². The molecule has 0 saturated heterocycles. The summed E-state index contributed by atoms with van der Waals surface area (Å²) in [6.07, 6.45) is 7.85. The number of benzene rings is 6. The topological polar surface area (TPSA) is 0 Å². The van der Waals surface area contributed by atoms with E-state index in [1.54, 1.807) is 0 Å². The summed E-state index contributed by atoms with van der Waals surface area (Å²) in [7, 11) is 0. The van der Waals surface area contributed by atoms with E-state index in [1.807, 2.05) is 0 Å². The molecule has 2 aliphatic carbocycles.